The second-order valence-electron chi connectivity index (χ2n) is 13.0. The van der Waals surface area contributed by atoms with Gasteiger partial charge in [0.1, 0.15) is 0 Å². The minimum Gasteiger partial charge on any atom is -0.390 e. The van der Waals surface area contributed by atoms with Crippen LogP contribution in [0.25, 0.3) is 11.3 Å². The zero-order chi connectivity index (χ0) is 34.9. The van der Waals surface area contributed by atoms with E-state index in [1.165, 1.54) is 23.4 Å². The fourth-order valence-electron chi connectivity index (χ4n) is 6.78. The first kappa shape index (κ1) is 37.0. The maximum absolute atomic E-state index is 14.1. The van der Waals surface area contributed by atoms with E-state index in [9.17, 15) is 40.3 Å². The van der Waals surface area contributed by atoms with Crippen LogP contribution in [0.15, 0.2) is 23.1 Å². The standard InChI is InChI=1S/C31H43F5N6O4S2/c1-21(43)37-23-6-11-39(12-7-23)17-24(44)18-42-27-8-13-41(48(2,45)46)19-25(27)29(38-42)22-4-5-26(31(34,35)36)28(16-22)47-15-14-40-10-3-9-30(32,33)20-40/h4-5,16,23-24,44H,3,6-15,17-20H2,1-2H3,(H,37,43)/t24-/m0/s1. The number of piperidine rings is 2. The van der Waals surface area contributed by atoms with Crippen LogP contribution in [0.1, 0.15) is 49.4 Å². The van der Waals surface area contributed by atoms with Crippen LogP contribution < -0.4 is 5.32 Å². The zero-order valence-corrected chi connectivity index (χ0v) is 28.7. The third-order valence-corrected chi connectivity index (χ3v) is 11.4. The molecule has 0 spiro atoms. The average Bonchev–Trinajstić information content (AvgIpc) is 3.34. The number of carbonyl (C=O) groups is 1. The molecule has 0 bridgehead atoms. The fourth-order valence-corrected chi connectivity index (χ4v) is 8.69. The van der Waals surface area contributed by atoms with Crippen molar-refractivity contribution >= 4 is 27.7 Å². The average molecular weight is 723 g/mol. The molecule has 2 saturated heterocycles. The number of hydrogen-bond acceptors (Lipinski definition) is 8. The number of amides is 1. The summed E-state index contributed by atoms with van der Waals surface area (Å²) in [6.07, 6.45) is -2.41. The molecule has 0 aliphatic carbocycles. The Hall–Kier alpha value is -2.31. The van der Waals surface area contributed by atoms with Gasteiger partial charge in [0.2, 0.25) is 15.9 Å². The van der Waals surface area contributed by atoms with Crippen molar-refractivity contribution in [3.05, 3.63) is 35.0 Å². The Morgan fingerprint density at radius 1 is 1.15 bits per heavy atom. The molecule has 1 aromatic heterocycles. The number of benzene rings is 1. The number of nitrogens with zero attached hydrogens (tertiary/aromatic N) is 5. The van der Waals surface area contributed by atoms with Crippen LogP contribution >= 0.6 is 11.8 Å². The van der Waals surface area contributed by atoms with Crippen molar-refractivity contribution in [2.45, 2.75) is 81.3 Å². The fraction of sp³-hybridized carbons (Fsp3) is 0.677. The molecule has 3 aliphatic rings. The first-order valence-corrected chi connectivity index (χ1v) is 19.0. The van der Waals surface area contributed by atoms with Crippen molar-refractivity contribution in [3.8, 4) is 11.3 Å². The molecule has 1 atom stereocenters. The number of carbonyl (C=O) groups excluding carboxylic acids is 1. The highest BCUT2D eigenvalue weighted by atomic mass is 32.2. The SMILES string of the molecule is CC(=O)NC1CCN(C[C@H](O)Cn2nc(-c3ccc(C(F)(F)F)c(SCCN4CCCC(F)(F)C4)c3)c3c2CCN(S(C)(=O)=O)C3)CC1. The van der Waals surface area contributed by atoms with E-state index in [1.807, 2.05) is 0 Å². The number of aromatic nitrogens is 2. The molecule has 268 valence electrons. The molecule has 2 N–H and O–H groups in total. The minimum atomic E-state index is -4.65. The maximum atomic E-state index is 14.1. The quantitative estimate of drug-likeness (QED) is 0.267. The lowest BCUT2D eigenvalue weighted by molar-refractivity contribution is -0.139. The molecule has 0 unspecified atom stereocenters. The van der Waals surface area contributed by atoms with Crippen molar-refractivity contribution in [3.63, 3.8) is 0 Å². The lowest BCUT2D eigenvalue weighted by Crippen LogP contribution is -2.46. The molecule has 5 rings (SSSR count). The molecule has 2 fully saturated rings. The number of hydrogen-bond donors (Lipinski definition) is 2. The van der Waals surface area contributed by atoms with Gasteiger partial charge in [-0.2, -0.15) is 22.6 Å². The number of nitrogens with one attached hydrogen (secondary N) is 1. The van der Waals surface area contributed by atoms with Crippen LogP contribution in [0, 0.1) is 0 Å². The number of alkyl halides is 5. The number of aliphatic hydroxyl groups excluding tert-OH is 1. The number of sulfonamides is 1. The van der Waals surface area contributed by atoms with Crippen molar-refractivity contribution in [1.29, 1.82) is 0 Å². The summed E-state index contributed by atoms with van der Waals surface area (Å²) in [5.41, 5.74) is 1.15. The maximum Gasteiger partial charge on any atom is 0.417 e. The van der Waals surface area contributed by atoms with Gasteiger partial charge in [0, 0.05) is 92.5 Å². The summed E-state index contributed by atoms with van der Waals surface area (Å²) < 4.78 is 97.9. The first-order valence-electron chi connectivity index (χ1n) is 16.1. The highest BCUT2D eigenvalue weighted by Crippen LogP contribution is 2.40. The minimum absolute atomic E-state index is 0.0110. The van der Waals surface area contributed by atoms with Gasteiger partial charge in [-0.05, 0) is 37.9 Å². The van der Waals surface area contributed by atoms with Gasteiger partial charge in [-0.1, -0.05) is 6.07 Å². The van der Waals surface area contributed by atoms with Crippen LogP contribution in [0.2, 0.25) is 0 Å². The summed E-state index contributed by atoms with van der Waals surface area (Å²) >= 11 is 0.943. The Bertz CT molecular complexity index is 1560. The van der Waals surface area contributed by atoms with Gasteiger partial charge in [0.05, 0.1) is 36.7 Å². The molecule has 10 nitrogen and oxygen atoms in total. The van der Waals surface area contributed by atoms with Gasteiger partial charge in [-0.3, -0.25) is 14.4 Å². The van der Waals surface area contributed by atoms with Gasteiger partial charge < -0.3 is 15.3 Å². The molecular formula is C31H43F5N6O4S2. The second-order valence-corrected chi connectivity index (χ2v) is 16.1. The number of halogens is 5. The summed E-state index contributed by atoms with van der Waals surface area (Å²) in [6.45, 7) is 3.78. The molecule has 0 radical (unpaired) electrons. The highest BCUT2D eigenvalue weighted by Gasteiger charge is 2.37. The van der Waals surface area contributed by atoms with Gasteiger partial charge >= 0.3 is 6.18 Å². The van der Waals surface area contributed by atoms with Crippen molar-refractivity contribution in [1.82, 2.24) is 29.2 Å². The third-order valence-electron chi connectivity index (χ3n) is 9.11. The van der Waals surface area contributed by atoms with Crippen molar-refractivity contribution in [2.24, 2.45) is 0 Å². The highest BCUT2D eigenvalue weighted by molar-refractivity contribution is 7.99. The van der Waals surface area contributed by atoms with Gasteiger partial charge in [-0.25, -0.2) is 17.2 Å². The van der Waals surface area contributed by atoms with E-state index in [1.54, 1.807) is 9.58 Å². The summed E-state index contributed by atoms with van der Waals surface area (Å²) in [7, 11) is -3.57. The number of β-amino-alcohol motifs (C(OH)–C–C–N with tert-alkyl or cyclic N) is 1. The van der Waals surface area contributed by atoms with Gasteiger partial charge in [0.15, 0.2) is 0 Å². The summed E-state index contributed by atoms with van der Waals surface area (Å²) in [4.78, 5) is 15.0. The Labute approximate surface area is 282 Å². The van der Waals surface area contributed by atoms with Crippen LogP contribution in [-0.2, 0) is 40.5 Å². The number of thioether (sulfide) groups is 1. The van der Waals surface area contributed by atoms with E-state index in [0.29, 0.717) is 61.5 Å². The molecule has 48 heavy (non-hydrogen) atoms. The Kier molecular flexibility index (Phi) is 11.5. The van der Waals surface area contributed by atoms with E-state index in [0.717, 1.165) is 36.9 Å². The number of rotatable bonds is 11. The molecular weight excluding hydrogens is 680 g/mol. The third kappa shape index (κ3) is 9.47. The predicted octanol–water partition coefficient (Wildman–Crippen LogP) is 3.67. The topological polar surface area (TPSA) is 111 Å². The first-order chi connectivity index (χ1) is 22.5. The van der Waals surface area contributed by atoms with Gasteiger partial charge in [-0.15, -0.1) is 11.8 Å². The predicted molar refractivity (Wildman–Crippen MR) is 172 cm³/mol. The Morgan fingerprint density at radius 3 is 2.52 bits per heavy atom. The molecule has 4 heterocycles. The molecule has 1 amide bonds. The van der Waals surface area contributed by atoms with Crippen molar-refractivity contribution < 1.29 is 40.3 Å². The lowest BCUT2D eigenvalue weighted by Gasteiger charge is -2.33. The van der Waals surface area contributed by atoms with Crippen molar-refractivity contribution in [2.75, 3.05) is 57.8 Å². The molecule has 2 aromatic rings. The number of fused-ring (bicyclic) bond motifs is 1. The molecule has 3 aliphatic heterocycles. The van der Waals surface area contributed by atoms with E-state index >= 15 is 0 Å². The zero-order valence-electron chi connectivity index (χ0n) is 27.1. The van der Waals surface area contributed by atoms with Crippen LogP contribution in [0.5, 0.6) is 0 Å². The lowest BCUT2D eigenvalue weighted by atomic mass is 10.0. The second kappa shape index (κ2) is 14.9. The monoisotopic (exact) mass is 722 g/mol. The Balaban J connectivity index is 1.37. The molecule has 1 aromatic carbocycles. The molecule has 0 saturated carbocycles. The number of likely N-dealkylation sites (tertiary alicyclic amines) is 2. The van der Waals surface area contributed by atoms with E-state index in [-0.39, 0.29) is 55.2 Å². The Morgan fingerprint density at radius 2 is 1.88 bits per heavy atom. The van der Waals surface area contributed by atoms with E-state index in [2.05, 4.69) is 10.2 Å². The van der Waals surface area contributed by atoms with E-state index in [4.69, 9.17) is 5.10 Å². The van der Waals surface area contributed by atoms with E-state index < -0.39 is 40.3 Å². The van der Waals surface area contributed by atoms with Crippen LogP contribution in [0.3, 0.4) is 0 Å². The summed E-state index contributed by atoms with van der Waals surface area (Å²) in [6, 6.07) is 3.78. The van der Waals surface area contributed by atoms with Crippen LogP contribution in [-0.4, -0.2) is 119 Å². The number of aliphatic hydroxyl groups is 1. The largest absolute Gasteiger partial charge is 0.417 e. The van der Waals surface area contributed by atoms with Crippen LogP contribution in [0.4, 0.5) is 22.0 Å². The summed E-state index contributed by atoms with van der Waals surface area (Å²) in [5, 5.41) is 18.7. The normalized spacial score (nSPS) is 20.8. The summed E-state index contributed by atoms with van der Waals surface area (Å²) in [5.74, 6) is -2.72. The smallest absolute Gasteiger partial charge is 0.390 e. The molecule has 17 heteroatoms. The van der Waals surface area contributed by atoms with Gasteiger partial charge in [0.25, 0.3) is 5.92 Å².